The number of carbonyl (C=O) groups is 1. The summed E-state index contributed by atoms with van der Waals surface area (Å²) < 4.78 is 67.9. The first-order chi connectivity index (χ1) is 16.0. The largest absolute Gasteiger partial charge is 0.741 e. The van der Waals surface area contributed by atoms with Crippen LogP contribution in [0.3, 0.4) is 0 Å². The fraction of sp³-hybridized carbons (Fsp3) is 0.208. The summed E-state index contributed by atoms with van der Waals surface area (Å²) in [6.07, 6.45) is 0. The van der Waals surface area contributed by atoms with E-state index in [0.717, 1.165) is 0 Å². The van der Waals surface area contributed by atoms with Gasteiger partial charge in [-0.15, -0.1) is 0 Å². The predicted octanol–water partition coefficient (Wildman–Crippen LogP) is 3.16. The van der Waals surface area contributed by atoms with Crippen LogP contribution in [0, 0.1) is 0 Å². The molecule has 0 N–H and O–H groups in total. The Morgan fingerprint density at radius 2 is 1.15 bits per heavy atom. The molecule has 1 unspecified atom stereocenters. The maximum absolute atomic E-state index is 12.9. The number of esters is 1. The van der Waals surface area contributed by atoms with Gasteiger partial charge < -0.3 is 4.55 Å². The molecule has 3 aromatic rings. The average Bonchev–Trinajstić information content (AvgIpc) is 2.81. The summed E-state index contributed by atoms with van der Waals surface area (Å²) in [6.45, 7) is 4.31. The van der Waals surface area contributed by atoms with E-state index in [1.165, 1.54) is 13.1 Å². The van der Waals surface area contributed by atoms with Crippen LogP contribution in [0.1, 0.15) is 13.8 Å². The summed E-state index contributed by atoms with van der Waals surface area (Å²) in [4.78, 5) is 12.9. The molecule has 0 aliphatic rings. The zero-order valence-electron chi connectivity index (χ0n) is 18.5. The van der Waals surface area contributed by atoms with Crippen LogP contribution >= 0.6 is 0 Å². The summed E-state index contributed by atoms with van der Waals surface area (Å²) in [5, 5.41) is 0. The van der Waals surface area contributed by atoms with Crippen LogP contribution < -0.4 is 13.1 Å². The van der Waals surface area contributed by atoms with Gasteiger partial charge in [-0.2, -0.15) is 13.2 Å². The molecule has 0 aliphatic carbocycles. The van der Waals surface area contributed by atoms with Gasteiger partial charge in [-0.25, -0.2) is 8.42 Å². The molecule has 5 nitrogen and oxygen atoms in total. The molecular formula is C24H24AsF3O5S. The Morgan fingerprint density at radius 3 is 1.38 bits per heavy atom. The molecule has 0 aromatic heterocycles. The van der Waals surface area contributed by atoms with E-state index in [-0.39, 0.29) is 10.7 Å². The molecule has 0 amide bonds. The van der Waals surface area contributed by atoms with Gasteiger partial charge in [-0.3, -0.25) is 0 Å². The number of ether oxygens (including phenoxy) is 1. The number of rotatable bonds is 6. The van der Waals surface area contributed by atoms with Crippen molar-refractivity contribution in [1.29, 1.82) is 0 Å². The molecule has 0 fully saturated rings. The van der Waals surface area contributed by atoms with E-state index in [1.807, 2.05) is 32.0 Å². The van der Waals surface area contributed by atoms with Crippen LogP contribution in [0.2, 0.25) is 4.71 Å². The molecular weight excluding hydrogens is 532 g/mol. The summed E-state index contributed by atoms with van der Waals surface area (Å²) >= 11 is -3.07. The van der Waals surface area contributed by atoms with Crippen LogP contribution in [0.25, 0.3) is 0 Å². The third-order valence-corrected chi connectivity index (χ3v) is 15.4. The SMILES string of the molecule is CCOC(=O)C(C)[As+](c1ccccc1)(c1ccccc1)c1ccccc1.O=S(=O)([O-])C(F)(F)F. The van der Waals surface area contributed by atoms with Crippen molar-refractivity contribution < 1.29 is 35.7 Å². The molecule has 0 saturated carbocycles. The van der Waals surface area contributed by atoms with Crippen molar-refractivity contribution in [1.82, 2.24) is 0 Å². The Hall–Kier alpha value is -2.61. The van der Waals surface area contributed by atoms with E-state index < -0.39 is 29.2 Å². The second-order valence-electron chi connectivity index (χ2n) is 7.06. The fourth-order valence-electron chi connectivity index (χ4n) is 3.53. The zero-order chi connectivity index (χ0) is 25.4. The van der Waals surface area contributed by atoms with Crippen molar-refractivity contribution in [2.75, 3.05) is 6.61 Å². The number of hydrogen-bond acceptors (Lipinski definition) is 5. The standard InChI is InChI=1S/C23H24AsO2.CHF3O3S/c1-3-26-23(25)19(2)24(20-13-7-4-8-14-20,21-15-9-5-10-16-21)22-17-11-6-12-18-22;2-1(3,4)8(5,6)7/h4-19H,3H2,1-2H3;(H,5,6,7)/q+1;/p-1. The molecule has 3 aromatic carbocycles. The molecule has 34 heavy (non-hydrogen) atoms. The molecule has 0 spiro atoms. The number of halogens is 3. The number of benzene rings is 3. The molecule has 0 aliphatic heterocycles. The smallest absolute Gasteiger partial charge is 0.485 e. The third-order valence-electron chi connectivity index (χ3n) is 4.98. The van der Waals surface area contributed by atoms with Gasteiger partial charge in [0.25, 0.3) is 0 Å². The number of carbonyl (C=O) groups excluding carboxylic acids is 1. The first kappa shape index (κ1) is 27.6. The Labute approximate surface area is 199 Å². The Bertz CT molecular complexity index is 1060. The van der Waals surface area contributed by atoms with Gasteiger partial charge in [0.05, 0.1) is 0 Å². The van der Waals surface area contributed by atoms with E-state index in [2.05, 4.69) is 72.8 Å². The molecule has 10 heteroatoms. The van der Waals surface area contributed by atoms with Crippen molar-refractivity contribution >= 4 is 42.7 Å². The van der Waals surface area contributed by atoms with Crippen molar-refractivity contribution in [2.24, 2.45) is 0 Å². The zero-order valence-corrected chi connectivity index (χ0v) is 21.2. The molecule has 182 valence electrons. The first-order valence-corrected chi connectivity index (χ1v) is 15.5. The first-order valence-electron chi connectivity index (χ1n) is 10.2. The van der Waals surface area contributed by atoms with Gasteiger partial charge in [-0.05, 0) is 0 Å². The summed E-state index contributed by atoms with van der Waals surface area (Å²) in [7, 11) is -6.09. The quantitative estimate of drug-likeness (QED) is 0.202. The second kappa shape index (κ2) is 11.7. The molecule has 3 rings (SSSR count). The van der Waals surface area contributed by atoms with E-state index >= 15 is 0 Å². The molecule has 0 heterocycles. The summed E-state index contributed by atoms with van der Waals surface area (Å²) in [5.41, 5.74) is -5.65. The topological polar surface area (TPSA) is 83.5 Å². The minimum absolute atomic E-state index is 0.114. The summed E-state index contributed by atoms with van der Waals surface area (Å²) in [6, 6.07) is 31.5. The van der Waals surface area contributed by atoms with Gasteiger partial charge in [0.1, 0.15) is 0 Å². The van der Waals surface area contributed by atoms with Crippen molar-refractivity contribution in [2.45, 2.75) is 24.1 Å². The summed E-state index contributed by atoms with van der Waals surface area (Å²) in [5.74, 6) is -0.114. The van der Waals surface area contributed by atoms with Crippen LogP contribution in [0.4, 0.5) is 13.2 Å². The molecule has 1 atom stereocenters. The molecule has 0 radical (unpaired) electrons. The second-order valence-corrected chi connectivity index (χ2v) is 16.3. The van der Waals surface area contributed by atoms with Crippen LogP contribution in [-0.4, -0.2) is 44.6 Å². The number of hydrogen-bond donors (Lipinski definition) is 0. The van der Waals surface area contributed by atoms with E-state index in [4.69, 9.17) is 17.7 Å². The van der Waals surface area contributed by atoms with Gasteiger partial charge >= 0.3 is 164 Å². The normalized spacial score (nSPS) is 12.8. The van der Waals surface area contributed by atoms with Crippen LogP contribution in [-0.2, 0) is 19.6 Å². The Morgan fingerprint density at radius 1 is 0.853 bits per heavy atom. The van der Waals surface area contributed by atoms with Gasteiger partial charge in [0.15, 0.2) is 10.1 Å². The maximum atomic E-state index is 12.9. The molecule has 0 bridgehead atoms. The minimum atomic E-state index is -6.09. The minimum Gasteiger partial charge on any atom is -0.741 e. The fourth-order valence-corrected chi connectivity index (χ4v) is 13.1. The van der Waals surface area contributed by atoms with E-state index in [9.17, 15) is 18.0 Å². The van der Waals surface area contributed by atoms with Gasteiger partial charge in [-0.1, -0.05) is 0 Å². The predicted molar refractivity (Wildman–Crippen MR) is 126 cm³/mol. The average molecular weight is 556 g/mol. The Balaban J connectivity index is 0.000000440. The molecule has 0 saturated heterocycles. The van der Waals surface area contributed by atoms with Gasteiger partial charge in [0.2, 0.25) is 0 Å². The Kier molecular flexibility index (Phi) is 9.50. The van der Waals surface area contributed by atoms with Crippen molar-refractivity contribution in [3.63, 3.8) is 0 Å². The van der Waals surface area contributed by atoms with Gasteiger partial charge in [0, 0.05) is 0 Å². The van der Waals surface area contributed by atoms with E-state index in [0.29, 0.717) is 6.61 Å². The maximum Gasteiger partial charge on any atom is 0.485 e. The van der Waals surface area contributed by atoms with Crippen molar-refractivity contribution in [3.05, 3.63) is 91.0 Å². The monoisotopic (exact) mass is 556 g/mol. The van der Waals surface area contributed by atoms with Crippen molar-refractivity contribution in [3.8, 4) is 0 Å². The van der Waals surface area contributed by atoms with Crippen LogP contribution in [0.15, 0.2) is 91.0 Å². The van der Waals surface area contributed by atoms with Crippen LogP contribution in [0.5, 0.6) is 0 Å². The third kappa shape index (κ3) is 6.28. The van der Waals surface area contributed by atoms with E-state index in [1.54, 1.807) is 0 Å². The number of alkyl halides is 3.